The third-order valence-corrected chi connectivity index (χ3v) is 4.48. The lowest BCUT2D eigenvalue weighted by atomic mass is 9.86. The number of aromatic nitrogens is 1. The fraction of sp³-hybridized carbons (Fsp3) is 0.235. The van der Waals surface area contributed by atoms with Crippen molar-refractivity contribution in [2.75, 3.05) is 16.0 Å². The molecule has 23 heavy (non-hydrogen) atoms. The Bertz CT molecular complexity index is 864. The van der Waals surface area contributed by atoms with Gasteiger partial charge in [-0.1, -0.05) is 6.07 Å². The van der Waals surface area contributed by atoms with E-state index in [1.807, 2.05) is 38.1 Å². The number of carbonyl (C=O) groups excluding carboxylic acids is 1. The Labute approximate surface area is 133 Å². The van der Waals surface area contributed by atoms with Crippen molar-refractivity contribution < 1.29 is 4.79 Å². The molecular weight excluding hydrogens is 290 g/mol. The van der Waals surface area contributed by atoms with Crippen LogP contribution in [-0.2, 0) is 10.2 Å². The number of fused-ring (bicyclic) bond motifs is 2. The maximum absolute atomic E-state index is 12.0. The Hall–Kier alpha value is -3.07. The van der Waals surface area contributed by atoms with Crippen LogP contribution in [0.4, 0.5) is 17.1 Å². The maximum Gasteiger partial charge on any atom is 0.234 e. The Morgan fingerprint density at radius 1 is 1.17 bits per heavy atom. The molecule has 2 aliphatic heterocycles. The highest BCUT2D eigenvalue weighted by atomic mass is 16.2. The topological polar surface area (TPSA) is 89.8 Å². The number of nitrogens with one attached hydrogen (secondary N) is 3. The second-order valence-corrected chi connectivity index (χ2v) is 6.33. The summed E-state index contributed by atoms with van der Waals surface area (Å²) in [7, 11) is 0. The zero-order chi connectivity index (χ0) is 16.2. The Morgan fingerprint density at radius 2 is 1.91 bits per heavy atom. The van der Waals surface area contributed by atoms with Gasteiger partial charge in [0, 0.05) is 17.4 Å². The first-order valence-electron chi connectivity index (χ1n) is 7.38. The standard InChI is InChI=1S/C17H15N5O/c1-17(2)11-5-13-14(6-12(11)22-16(17)23)21-15(20-13)9-3-4-10(7-18)19-8-9/h3-6,8,15,20-21H,1-2H3,(H,22,23). The van der Waals surface area contributed by atoms with Crippen LogP contribution in [0.1, 0.15) is 36.8 Å². The zero-order valence-corrected chi connectivity index (χ0v) is 12.8. The molecule has 0 spiro atoms. The number of carbonyl (C=O) groups is 1. The van der Waals surface area contributed by atoms with Crippen molar-refractivity contribution in [3.63, 3.8) is 0 Å². The normalized spacial score (nSPS) is 19.9. The van der Waals surface area contributed by atoms with Crippen LogP contribution < -0.4 is 16.0 Å². The molecule has 0 bridgehead atoms. The van der Waals surface area contributed by atoms with Crippen LogP contribution >= 0.6 is 0 Å². The van der Waals surface area contributed by atoms with Crippen LogP contribution in [0.25, 0.3) is 0 Å². The highest BCUT2D eigenvalue weighted by molar-refractivity contribution is 6.07. The minimum Gasteiger partial charge on any atom is -0.360 e. The van der Waals surface area contributed by atoms with E-state index in [1.54, 1.807) is 12.3 Å². The number of benzene rings is 1. The molecule has 2 aromatic rings. The molecule has 1 aromatic carbocycles. The second kappa shape index (κ2) is 4.46. The van der Waals surface area contributed by atoms with E-state index in [0.717, 1.165) is 28.2 Å². The average molecular weight is 305 g/mol. The molecule has 1 amide bonds. The van der Waals surface area contributed by atoms with Gasteiger partial charge in [-0.3, -0.25) is 4.79 Å². The molecule has 1 aromatic heterocycles. The maximum atomic E-state index is 12.0. The smallest absolute Gasteiger partial charge is 0.234 e. The quantitative estimate of drug-likeness (QED) is 0.753. The molecular formula is C17H15N5O. The fourth-order valence-corrected chi connectivity index (χ4v) is 3.02. The number of nitriles is 1. The third-order valence-electron chi connectivity index (χ3n) is 4.48. The van der Waals surface area contributed by atoms with Gasteiger partial charge in [0.15, 0.2) is 0 Å². The minimum atomic E-state index is -0.528. The number of amides is 1. The number of anilines is 3. The molecule has 114 valence electrons. The molecule has 0 radical (unpaired) electrons. The van der Waals surface area contributed by atoms with Crippen molar-refractivity contribution in [3.05, 3.63) is 47.3 Å². The number of pyridine rings is 1. The third kappa shape index (κ3) is 1.94. The minimum absolute atomic E-state index is 0.0176. The summed E-state index contributed by atoms with van der Waals surface area (Å²) >= 11 is 0. The van der Waals surface area contributed by atoms with E-state index in [4.69, 9.17) is 5.26 Å². The molecule has 0 saturated heterocycles. The predicted molar refractivity (Wildman–Crippen MR) is 87.0 cm³/mol. The summed E-state index contributed by atoms with van der Waals surface area (Å²) in [5.74, 6) is 0.0176. The molecule has 6 nitrogen and oxygen atoms in total. The van der Waals surface area contributed by atoms with Gasteiger partial charge in [0.2, 0.25) is 5.91 Å². The highest BCUT2D eigenvalue weighted by Gasteiger charge is 2.39. The fourth-order valence-electron chi connectivity index (χ4n) is 3.02. The van der Waals surface area contributed by atoms with Crippen molar-refractivity contribution in [2.24, 2.45) is 0 Å². The molecule has 0 saturated carbocycles. The molecule has 3 heterocycles. The summed E-state index contributed by atoms with van der Waals surface area (Å²) in [6.45, 7) is 3.84. The van der Waals surface area contributed by atoms with Crippen molar-refractivity contribution in [1.29, 1.82) is 5.26 Å². The number of hydrogen-bond donors (Lipinski definition) is 3. The summed E-state index contributed by atoms with van der Waals surface area (Å²) in [6, 6.07) is 9.57. The van der Waals surface area contributed by atoms with Crippen LogP contribution in [0.15, 0.2) is 30.5 Å². The Balaban J connectivity index is 1.66. The van der Waals surface area contributed by atoms with Crippen LogP contribution in [-0.4, -0.2) is 10.9 Å². The SMILES string of the molecule is CC1(C)C(=O)Nc2cc3c(cc21)NC(c1ccc(C#N)nc1)N3. The van der Waals surface area contributed by atoms with Gasteiger partial charge in [-0.05, 0) is 37.6 Å². The number of hydrogen-bond acceptors (Lipinski definition) is 5. The van der Waals surface area contributed by atoms with E-state index in [-0.39, 0.29) is 12.1 Å². The molecule has 6 heteroatoms. The van der Waals surface area contributed by atoms with Crippen molar-refractivity contribution in [3.8, 4) is 6.07 Å². The summed E-state index contributed by atoms with van der Waals surface area (Å²) in [5.41, 5.74) is 4.57. The summed E-state index contributed by atoms with van der Waals surface area (Å²) in [6.07, 6.45) is 1.58. The predicted octanol–water partition coefficient (Wildman–Crippen LogP) is 2.72. The largest absolute Gasteiger partial charge is 0.360 e. The molecule has 2 aliphatic rings. The first-order chi connectivity index (χ1) is 11.0. The van der Waals surface area contributed by atoms with Crippen LogP contribution in [0.5, 0.6) is 0 Å². The van der Waals surface area contributed by atoms with Crippen LogP contribution in [0.2, 0.25) is 0 Å². The molecule has 0 fully saturated rings. The molecule has 1 atom stereocenters. The van der Waals surface area contributed by atoms with Crippen LogP contribution in [0.3, 0.4) is 0 Å². The van der Waals surface area contributed by atoms with Crippen molar-refractivity contribution in [1.82, 2.24) is 4.98 Å². The van der Waals surface area contributed by atoms with E-state index >= 15 is 0 Å². The van der Waals surface area contributed by atoms with E-state index in [1.165, 1.54) is 0 Å². The van der Waals surface area contributed by atoms with E-state index in [0.29, 0.717) is 5.69 Å². The first-order valence-corrected chi connectivity index (χ1v) is 7.38. The number of nitrogens with zero attached hydrogens (tertiary/aromatic N) is 2. The van der Waals surface area contributed by atoms with Gasteiger partial charge in [-0.15, -0.1) is 0 Å². The van der Waals surface area contributed by atoms with Gasteiger partial charge in [0.25, 0.3) is 0 Å². The summed E-state index contributed by atoms with van der Waals surface area (Å²) in [4.78, 5) is 16.1. The highest BCUT2D eigenvalue weighted by Crippen LogP contribution is 2.45. The van der Waals surface area contributed by atoms with E-state index < -0.39 is 5.41 Å². The lowest BCUT2D eigenvalue weighted by Crippen LogP contribution is -2.26. The van der Waals surface area contributed by atoms with E-state index in [2.05, 4.69) is 20.9 Å². The van der Waals surface area contributed by atoms with Crippen molar-refractivity contribution >= 4 is 23.0 Å². The van der Waals surface area contributed by atoms with Gasteiger partial charge in [-0.25, -0.2) is 4.98 Å². The van der Waals surface area contributed by atoms with Gasteiger partial charge in [-0.2, -0.15) is 5.26 Å². The molecule has 4 rings (SSSR count). The second-order valence-electron chi connectivity index (χ2n) is 6.33. The molecule has 0 aliphatic carbocycles. The van der Waals surface area contributed by atoms with Crippen LogP contribution in [0, 0.1) is 11.3 Å². The van der Waals surface area contributed by atoms with Gasteiger partial charge >= 0.3 is 0 Å². The summed E-state index contributed by atoms with van der Waals surface area (Å²) < 4.78 is 0. The Kier molecular flexibility index (Phi) is 2.64. The molecule has 3 N–H and O–H groups in total. The van der Waals surface area contributed by atoms with E-state index in [9.17, 15) is 4.79 Å². The average Bonchev–Trinajstić information content (AvgIpc) is 3.05. The van der Waals surface area contributed by atoms with Gasteiger partial charge < -0.3 is 16.0 Å². The summed E-state index contributed by atoms with van der Waals surface area (Å²) in [5, 5.41) is 18.5. The lowest BCUT2D eigenvalue weighted by molar-refractivity contribution is -0.119. The molecule has 1 unspecified atom stereocenters. The lowest BCUT2D eigenvalue weighted by Gasteiger charge is -2.15. The zero-order valence-electron chi connectivity index (χ0n) is 12.8. The Morgan fingerprint density at radius 3 is 2.57 bits per heavy atom. The monoisotopic (exact) mass is 305 g/mol. The first kappa shape index (κ1) is 13.6. The number of rotatable bonds is 1. The van der Waals surface area contributed by atoms with Gasteiger partial charge in [0.1, 0.15) is 17.9 Å². The van der Waals surface area contributed by atoms with Crippen molar-refractivity contribution in [2.45, 2.75) is 25.4 Å². The van der Waals surface area contributed by atoms with Gasteiger partial charge in [0.05, 0.1) is 16.8 Å².